The van der Waals surface area contributed by atoms with Crippen LogP contribution in [0.1, 0.15) is 123 Å². The topological polar surface area (TPSA) is 67.4 Å². The molecule has 0 aliphatic carbocycles. The Hall–Kier alpha value is -2.04. The molecule has 200 valence electrons. The highest BCUT2D eigenvalue weighted by atomic mass is 16.6. The number of nitrogens with one attached hydrogen (secondary N) is 2. The van der Waals surface area contributed by atoms with E-state index >= 15 is 0 Å². The number of ether oxygens (including phenoxy) is 1. The maximum Gasteiger partial charge on any atom is 0.408 e. The molecule has 0 fully saturated rings. The molecule has 1 rings (SSSR count). The lowest BCUT2D eigenvalue weighted by atomic mass is 10.0. The van der Waals surface area contributed by atoms with Gasteiger partial charge in [-0.2, -0.15) is 0 Å². The van der Waals surface area contributed by atoms with Crippen molar-refractivity contribution < 1.29 is 14.3 Å². The summed E-state index contributed by atoms with van der Waals surface area (Å²) in [6.07, 6.45) is 18.2. The van der Waals surface area contributed by atoms with Crippen molar-refractivity contribution in [2.75, 3.05) is 6.54 Å². The number of hydrogen-bond acceptors (Lipinski definition) is 3. The minimum absolute atomic E-state index is 0.158. The average Bonchev–Trinajstić information content (AvgIpc) is 2.80. The summed E-state index contributed by atoms with van der Waals surface area (Å²) in [6.45, 7) is 8.35. The van der Waals surface area contributed by atoms with Crippen LogP contribution < -0.4 is 10.6 Å². The van der Waals surface area contributed by atoms with Crippen molar-refractivity contribution in [2.45, 2.75) is 136 Å². The lowest BCUT2D eigenvalue weighted by Crippen LogP contribution is -2.49. The molecule has 2 N–H and O–H groups in total. The highest BCUT2D eigenvalue weighted by molar-refractivity contribution is 5.86. The first-order valence-corrected chi connectivity index (χ1v) is 14.1. The Kier molecular flexibility index (Phi) is 17.0. The summed E-state index contributed by atoms with van der Waals surface area (Å²) in [7, 11) is 0. The van der Waals surface area contributed by atoms with Gasteiger partial charge in [0.1, 0.15) is 11.6 Å². The van der Waals surface area contributed by atoms with Gasteiger partial charge in [0.15, 0.2) is 0 Å². The van der Waals surface area contributed by atoms with Crippen molar-refractivity contribution in [1.82, 2.24) is 10.6 Å². The normalized spacial score (nSPS) is 12.2. The van der Waals surface area contributed by atoms with Crippen LogP contribution in [0.15, 0.2) is 30.3 Å². The van der Waals surface area contributed by atoms with Crippen molar-refractivity contribution in [2.24, 2.45) is 0 Å². The molecular weight excluding hydrogens is 436 g/mol. The summed E-state index contributed by atoms with van der Waals surface area (Å²) >= 11 is 0. The van der Waals surface area contributed by atoms with Crippen LogP contribution in [0.5, 0.6) is 0 Å². The molecular formula is C30H52N2O3. The van der Waals surface area contributed by atoms with Gasteiger partial charge in [0.25, 0.3) is 0 Å². The van der Waals surface area contributed by atoms with Crippen LogP contribution >= 0.6 is 0 Å². The van der Waals surface area contributed by atoms with E-state index < -0.39 is 17.7 Å². The Morgan fingerprint density at radius 1 is 0.771 bits per heavy atom. The number of carbonyl (C=O) groups excluding carboxylic acids is 2. The summed E-state index contributed by atoms with van der Waals surface area (Å²) in [5.74, 6) is -0.158. The Balaban J connectivity index is 2.18. The molecule has 0 aromatic heterocycles. The van der Waals surface area contributed by atoms with E-state index in [4.69, 9.17) is 4.74 Å². The number of alkyl carbamates (subject to hydrolysis) is 1. The van der Waals surface area contributed by atoms with Crippen molar-refractivity contribution in [3.63, 3.8) is 0 Å². The molecule has 5 heteroatoms. The standard InChI is InChI=1S/C30H52N2O3/c1-5-6-7-8-9-10-11-12-13-14-15-16-17-21-24-31-28(33)27(25-26-22-19-18-20-23-26)32-29(34)35-30(2,3)4/h18-20,22-23,27H,5-17,21,24-25H2,1-4H3,(H,31,33)(H,32,34)/t27-/m0/s1. The van der Waals surface area contributed by atoms with Crippen molar-refractivity contribution >= 4 is 12.0 Å². The van der Waals surface area contributed by atoms with Crippen LogP contribution in [0.2, 0.25) is 0 Å². The van der Waals surface area contributed by atoms with E-state index in [0.717, 1.165) is 18.4 Å². The smallest absolute Gasteiger partial charge is 0.408 e. The summed E-state index contributed by atoms with van der Waals surface area (Å²) < 4.78 is 5.36. The first kappa shape index (κ1) is 31.0. The summed E-state index contributed by atoms with van der Waals surface area (Å²) in [5.41, 5.74) is 0.395. The molecule has 0 radical (unpaired) electrons. The van der Waals surface area contributed by atoms with Crippen molar-refractivity contribution in [3.05, 3.63) is 35.9 Å². The zero-order chi connectivity index (χ0) is 25.8. The van der Waals surface area contributed by atoms with Crippen LogP contribution in [-0.4, -0.2) is 30.2 Å². The highest BCUT2D eigenvalue weighted by Crippen LogP contribution is 2.13. The zero-order valence-corrected chi connectivity index (χ0v) is 23.0. The molecule has 1 atom stereocenters. The van der Waals surface area contributed by atoms with Gasteiger partial charge in [-0.3, -0.25) is 4.79 Å². The third-order valence-electron chi connectivity index (χ3n) is 6.12. The monoisotopic (exact) mass is 488 g/mol. The van der Waals surface area contributed by atoms with E-state index in [0.29, 0.717) is 13.0 Å². The van der Waals surface area contributed by atoms with Gasteiger partial charge in [-0.1, -0.05) is 121 Å². The predicted molar refractivity (Wildman–Crippen MR) is 147 cm³/mol. The largest absolute Gasteiger partial charge is 0.444 e. The molecule has 0 saturated heterocycles. The molecule has 0 saturated carbocycles. The number of rotatable bonds is 19. The minimum atomic E-state index is -0.654. The van der Waals surface area contributed by atoms with Crippen LogP contribution in [0.25, 0.3) is 0 Å². The number of amides is 2. The molecule has 1 aromatic carbocycles. The Morgan fingerprint density at radius 2 is 1.26 bits per heavy atom. The molecule has 0 aliphatic heterocycles. The molecule has 2 amide bonds. The van der Waals surface area contributed by atoms with Gasteiger partial charge in [0.05, 0.1) is 0 Å². The average molecular weight is 489 g/mol. The maximum atomic E-state index is 12.8. The molecule has 35 heavy (non-hydrogen) atoms. The summed E-state index contributed by atoms with van der Waals surface area (Å²) in [6, 6.07) is 9.09. The molecule has 0 aliphatic rings. The third kappa shape index (κ3) is 18.0. The highest BCUT2D eigenvalue weighted by Gasteiger charge is 2.24. The van der Waals surface area contributed by atoms with Gasteiger partial charge in [-0.25, -0.2) is 4.79 Å². The molecule has 0 unspecified atom stereocenters. The van der Waals surface area contributed by atoms with Gasteiger partial charge in [0.2, 0.25) is 5.91 Å². The second kappa shape index (κ2) is 19.2. The lowest BCUT2D eigenvalue weighted by Gasteiger charge is -2.23. The molecule has 1 aromatic rings. The van der Waals surface area contributed by atoms with Gasteiger partial charge < -0.3 is 15.4 Å². The van der Waals surface area contributed by atoms with E-state index in [-0.39, 0.29) is 5.91 Å². The number of benzene rings is 1. The van der Waals surface area contributed by atoms with Crippen LogP contribution in [0, 0.1) is 0 Å². The molecule has 0 bridgehead atoms. The predicted octanol–water partition coefficient (Wildman–Crippen LogP) is 7.72. The zero-order valence-electron chi connectivity index (χ0n) is 23.0. The van der Waals surface area contributed by atoms with Gasteiger partial charge in [-0.15, -0.1) is 0 Å². The Labute approximate surface area is 215 Å². The van der Waals surface area contributed by atoms with E-state index in [9.17, 15) is 9.59 Å². The minimum Gasteiger partial charge on any atom is -0.444 e. The fraction of sp³-hybridized carbons (Fsp3) is 0.733. The number of carbonyl (C=O) groups is 2. The first-order valence-electron chi connectivity index (χ1n) is 14.1. The van der Waals surface area contributed by atoms with E-state index in [1.165, 1.54) is 77.0 Å². The van der Waals surface area contributed by atoms with Crippen LogP contribution in [-0.2, 0) is 16.0 Å². The van der Waals surface area contributed by atoms with E-state index in [2.05, 4.69) is 17.6 Å². The van der Waals surface area contributed by atoms with Gasteiger partial charge in [0, 0.05) is 13.0 Å². The second-order valence-corrected chi connectivity index (χ2v) is 10.8. The van der Waals surface area contributed by atoms with E-state index in [1.807, 2.05) is 51.1 Å². The lowest BCUT2D eigenvalue weighted by molar-refractivity contribution is -0.123. The van der Waals surface area contributed by atoms with Crippen LogP contribution in [0.4, 0.5) is 4.79 Å². The summed E-state index contributed by atoms with van der Waals surface area (Å²) in [5, 5.41) is 5.76. The SMILES string of the molecule is CCCCCCCCCCCCCCCCNC(=O)[C@H](Cc1ccccc1)NC(=O)OC(C)(C)C. The fourth-order valence-corrected chi connectivity index (χ4v) is 4.16. The Bertz CT molecular complexity index is 670. The van der Waals surface area contributed by atoms with Crippen molar-refractivity contribution in [3.8, 4) is 0 Å². The number of unbranched alkanes of at least 4 members (excludes halogenated alkanes) is 13. The van der Waals surface area contributed by atoms with Gasteiger partial charge >= 0.3 is 6.09 Å². The Morgan fingerprint density at radius 3 is 1.74 bits per heavy atom. The molecule has 0 spiro atoms. The second-order valence-electron chi connectivity index (χ2n) is 10.8. The summed E-state index contributed by atoms with van der Waals surface area (Å²) in [4.78, 5) is 25.1. The first-order chi connectivity index (χ1) is 16.8. The maximum absolute atomic E-state index is 12.8. The molecule has 5 nitrogen and oxygen atoms in total. The third-order valence-corrected chi connectivity index (χ3v) is 6.12. The van der Waals surface area contributed by atoms with E-state index in [1.54, 1.807) is 0 Å². The van der Waals surface area contributed by atoms with Crippen molar-refractivity contribution in [1.29, 1.82) is 0 Å². The van der Waals surface area contributed by atoms with Crippen LogP contribution in [0.3, 0.4) is 0 Å². The number of hydrogen-bond donors (Lipinski definition) is 2. The molecule has 0 heterocycles. The van der Waals surface area contributed by atoms with Gasteiger partial charge in [-0.05, 0) is 32.8 Å². The quantitative estimate of drug-likeness (QED) is 0.196. The fourth-order valence-electron chi connectivity index (χ4n) is 4.16.